The summed E-state index contributed by atoms with van der Waals surface area (Å²) in [4.78, 5) is 13.8. The molecule has 0 aliphatic carbocycles. The van der Waals surface area contributed by atoms with Gasteiger partial charge in [0.25, 0.3) is 0 Å². The van der Waals surface area contributed by atoms with Crippen LogP contribution in [0.25, 0.3) is 5.57 Å². The Kier molecular flexibility index (Phi) is 3.59. The third-order valence-electron chi connectivity index (χ3n) is 3.76. The van der Waals surface area contributed by atoms with Crippen molar-refractivity contribution in [3.8, 4) is 0 Å². The Hall–Kier alpha value is -1.84. The Morgan fingerprint density at radius 2 is 2.05 bits per heavy atom. The molecule has 3 nitrogen and oxygen atoms in total. The van der Waals surface area contributed by atoms with Gasteiger partial charge in [0.05, 0.1) is 12.6 Å². The van der Waals surface area contributed by atoms with Crippen LogP contribution in [-0.4, -0.2) is 24.7 Å². The fraction of sp³-hybridized carbons (Fsp3) is 0.438. The van der Waals surface area contributed by atoms with Gasteiger partial charge in [-0.2, -0.15) is 0 Å². The lowest BCUT2D eigenvalue weighted by atomic mass is 9.87. The SMILES string of the molecule is COC(=O)[C@@H](C)N1c2cc(F)ccc2C(C)=CC1(C)C. The zero-order valence-electron chi connectivity index (χ0n) is 12.5. The number of methoxy groups -OCH3 is 1. The number of hydrogen-bond acceptors (Lipinski definition) is 3. The molecular weight excluding hydrogens is 257 g/mol. The van der Waals surface area contributed by atoms with Gasteiger partial charge in [-0.05, 0) is 51.5 Å². The second-order valence-electron chi connectivity index (χ2n) is 5.71. The molecule has 108 valence electrons. The number of ether oxygens (including phenoxy) is 1. The number of anilines is 1. The van der Waals surface area contributed by atoms with Gasteiger partial charge in [-0.15, -0.1) is 0 Å². The molecular formula is C16H20FNO2. The number of rotatable bonds is 2. The molecule has 20 heavy (non-hydrogen) atoms. The second kappa shape index (κ2) is 4.93. The van der Waals surface area contributed by atoms with Gasteiger partial charge >= 0.3 is 5.97 Å². The highest BCUT2D eigenvalue weighted by atomic mass is 19.1. The number of fused-ring (bicyclic) bond motifs is 1. The minimum Gasteiger partial charge on any atom is -0.467 e. The van der Waals surface area contributed by atoms with Crippen molar-refractivity contribution < 1.29 is 13.9 Å². The van der Waals surface area contributed by atoms with Gasteiger partial charge in [-0.1, -0.05) is 6.08 Å². The number of benzene rings is 1. The normalized spacial score (nSPS) is 18.1. The van der Waals surface area contributed by atoms with E-state index in [2.05, 4.69) is 6.08 Å². The first-order valence-electron chi connectivity index (χ1n) is 6.64. The number of carbonyl (C=O) groups excluding carboxylic acids is 1. The summed E-state index contributed by atoms with van der Waals surface area (Å²) in [7, 11) is 1.36. The number of nitrogens with zero attached hydrogens (tertiary/aromatic N) is 1. The van der Waals surface area contributed by atoms with Crippen molar-refractivity contribution in [2.75, 3.05) is 12.0 Å². The van der Waals surface area contributed by atoms with E-state index in [4.69, 9.17) is 4.74 Å². The average molecular weight is 277 g/mol. The minimum absolute atomic E-state index is 0.309. The highest BCUT2D eigenvalue weighted by molar-refractivity contribution is 5.87. The van der Waals surface area contributed by atoms with Crippen molar-refractivity contribution in [2.24, 2.45) is 0 Å². The first-order valence-corrected chi connectivity index (χ1v) is 6.64. The van der Waals surface area contributed by atoms with Gasteiger partial charge in [-0.3, -0.25) is 0 Å². The van der Waals surface area contributed by atoms with Crippen molar-refractivity contribution in [2.45, 2.75) is 39.3 Å². The van der Waals surface area contributed by atoms with Crippen LogP contribution in [0.3, 0.4) is 0 Å². The minimum atomic E-state index is -0.486. The first-order chi connectivity index (χ1) is 9.27. The Balaban J connectivity index is 2.61. The van der Waals surface area contributed by atoms with Crippen LogP contribution in [0, 0.1) is 5.82 Å². The molecule has 1 aromatic rings. The molecule has 1 aromatic carbocycles. The average Bonchev–Trinajstić information content (AvgIpc) is 2.35. The summed E-state index contributed by atoms with van der Waals surface area (Å²) >= 11 is 0. The van der Waals surface area contributed by atoms with Crippen LogP contribution in [-0.2, 0) is 9.53 Å². The van der Waals surface area contributed by atoms with E-state index in [1.54, 1.807) is 13.0 Å². The predicted molar refractivity (Wildman–Crippen MR) is 78.1 cm³/mol. The zero-order chi connectivity index (χ0) is 15.1. The molecule has 0 amide bonds. The zero-order valence-corrected chi connectivity index (χ0v) is 12.5. The number of halogens is 1. The van der Waals surface area contributed by atoms with E-state index < -0.39 is 11.6 Å². The Morgan fingerprint density at radius 1 is 1.40 bits per heavy atom. The molecule has 0 saturated heterocycles. The summed E-state index contributed by atoms with van der Waals surface area (Å²) in [5, 5.41) is 0. The molecule has 1 atom stereocenters. The van der Waals surface area contributed by atoms with Crippen LogP contribution in [0.1, 0.15) is 33.3 Å². The van der Waals surface area contributed by atoms with E-state index in [-0.39, 0.29) is 11.8 Å². The standard InChI is InChI=1S/C16H20FNO2/c1-10-9-16(3,4)18(11(2)15(19)20-5)14-8-12(17)6-7-13(10)14/h6-9,11H,1-5H3/t11-/m1/s1. The van der Waals surface area contributed by atoms with Gasteiger partial charge in [0, 0.05) is 11.3 Å². The third kappa shape index (κ3) is 2.30. The van der Waals surface area contributed by atoms with Crippen molar-refractivity contribution in [3.05, 3.63) is 35.7 Å². The fourth-order valence-electron chi connectivity index (χ4n) is 3.01. The summed E-state index contributed by atoms with van der Waals surface area (Å²) in [6.07, 6.45) is 2.09. The molecule has 0 spiro atoms. The van der Waals surface area contributed by atoms with E-state index in [9.17, 15) is 9.18 Å². The van der Waals surface area contributed by atoms with Crippen molar-refractivity contribution in [1.82, 2.24) is 0 Å². The predicted octanol–water partition coefficient (Wildman–Crippen LogP) is 3.39. The fourth-order valence-corrected chi connectivity index (χ4v) is 3.01. The van der Waals surface area contributed by atoms with E-state index in [0.29, 0.717) is 0 Å². The molecule has 0 aromatic heterocycles. The lowest BCUT2D eigenvalue weighted by Gasteiger charge is -2.45. The van der Waals surface area contributed by atoms with Crippen LogP contribution < -0.4 is 4.90 Å². The maximum Gasteiger partial charge on any atom is 0.328 e. The number of allylic oxidation sites excluding steroid dienone is 1. The molecule has 1 aliphatic heterocycles. The van der Waals surface area contributed by atoms with Gasteiger partial charge in [0.2, 0.25) is 0 Å². The van der Waals surface area contributed by atoms with E-state index in [1.807, 2.05) is 25.7 Å². The lowest BCUT2D eigenvalue weighted by Crippen LogP contribution is -2.53. The van der Waals surface area contributed by atoms with Crippen molar-refractivity contribution in [1.29, 1.82) is 0 Å². The summed E-state index contributed by atoms with van der Waals surface area (Å²) < 4.78 is 18.5. The summed E-state index contributed by atoms with van der Waals surface area (Å²) in [5.41, 5.74) is 2.37. The summed E-state index contributed by atoms with van der Waals surface area (Å²) in [6.45, 7) is 7.78. The molecule has 1 heterocycles. The monoisotopic (exact) mass is 277 g/mol. The molecule has 0 bridgehead atoms. The van der Waals surface area contributed by atoms with E-state index >= 15 is 0 Å². The molecule has 0 fully saturated rings. The molecule has 1 aliphatic rings. The third-order valence-corrected chi connectivity index (χ3v) is 3.76. The summed E-state index contributed by atoms with van der Waals surface area (Å²) in [6, 6.07) is 4.19. The van der Waals surface area contributed by atoms with Gasteiger partial charge in [0.1, 0.15) is 11.9 Å². The maximum atomic E-state index is 13.6. The molecule has 0 saturated carbocycles. The lowest BCUT2D eigenvalue weighted by molar-refractivity contribution is -0.142. The Labute approximate surface area is 119 Å². The van der Waals surface area contributed by atoms with Crippen LogP contribution in [0.15, 0.2) is 24.3 Å². The maximum absolute atomic E-state index is 13.6. The van der Waals surface area contributed by atoms with E-state index in [1.165, 1.54) is 19.2 Å². The highest BCUT2D eigenvalue weighted by Crippen LogP contribution is 2.40. The molecule has 4 heteroatoms. The van der Waals surface area contributed by atoms with Crippen molar-refractivity contribution >= 4 is 17.2 Å². The van der Waals surface area contributed by atoms with Gasteiger partial charge < -0.3 is 9.64 Å². The van der Waals surface area contributed by atoms with Crippen molar-refractivity contribution in [3.63, 3.8) is 0 Å². The van der Waals surface area contributed by atoms with Gasteiger partial charge in [0.15, 0.2) is 0 Å². The second-order valence-corrected chi connectivity index (χ2v) is 5.71. The summed E-state index contributed by atoms with van der Waals surface area (Å²) in [5.74, 6) is -0.641. The van der Waals surface area contributed by atoms with E-state index in [0.717, 1.165) is 16.8 Å². The quantitative estimate of drug-likeness (QED) is 0.776. The number of esters is 1. The van der Waals surface area contributed by atoms with Crippen LogP contribution >= 0.6 is 0 Å². The number of carbonyl (C=O) groups is 1. The Bertz CT molecular complexity index is 578. The van der Waals surface area contributed by atoms with Gasteiger partial charge in [-0.25, -0.2) is 9.18 Å². The largest absolute Gasteiger partial charge is 0.467 e. The molecule has 2 rings (SSSR count). The number of hydrogen-bond donors (Lipinski definition) is 0. The molecule has 0 radical (unpaired) electrons. The molecule has 0 unspecified atom stereocenters. The van der Waals surface area contributed by atoms with Crippen LogP contribution in [0.5, 0.6) is 0 Å². The smallest absolute Gasteiger partial charge is 0.328 e. The topological polar surface area (TPSA) is 29.5 Å². The molecule has 0 N–H and O–H groups in total. The van der Waals surface area contributed by atoms with Crippen LogP contribution in [0.2, 0.25) is 0 Å². The highest BCUT2D eigenvalue weighted by Gasteiger charge is 2.37. The Morgan fingerprint density at radius 3 is 2.65 bits per heavy atom. The van der Waals surface area contributed by atoms with Crippen LogP contribution in [0.4, 0.5) is 10.1 Å². The first kappa shape index (κ1) is 14.6.